The van der Waals surface area contributed by atoms with E-state index in [0.717, 1.165) is 25.0 Å². The minimum absolute atomic E-state index is 0.450. The molecule has 17 heavy (non-hydrogen) atoms. The quantitative estimate of drug-likeness (QED) is 0.736. The van der Waals surface area contributed by atoms with E-state index in [9.17, 15) is 0 Å². The molecule has 0 aromatic heterocycles. The van der Waals surface area contributed by atoms with Gasteiger partial charge in [-0.1, -0.05) is 26.2 Å². The minimum atomic E-state index is 0.450. The average Bonchev–Trinajstić information content (AvgIpc) is 3.20. The summed E-state index contributed by atoms with van der Waals surface area (Å²) >= 11 is 0. The highest BCUT2D eigenvalue weighted by atomic mass is 16.5. The number of ether oxygens (including phenoxy) is 1. The number of methoxy groups -OCH3 is 1. The lowest BCUT2D eigenvalue weighted by Crippen LogP contribution is -2.46. The summed E-state index contributed by atoms with van der Waals surface area (Å²) in [5.41, 5.74) is 0.450. The molecule has 2 rings (SSSR count). The van der Waals surface area contributed by atoms with Gasteiger partial charge in [0.15, 0.2) is 0 Å². The van der Waals surface area contributed by atoms with E-state index in [1.807, 2.05) is 7.11 Å². The molecule has 0 aromatic carbocycles. The summed E-state index contributed by atoms with van der Waals surface area (Å²) in [6.45, 7) is 5.44. The predicted molar refractivity (Wildman–Crippen MR) is 72.2 cm³/mol. The van der Waals surface area contributed by atoms with Crippen LogP contribution in [0.1, 0.15) is 51.9 Å². The molecule has 1 N–H and O–H groups in total. The molecule has 0 radical (unpaired) electrons. The van der Waals surface area contributed by atoms with Crippen LogP contribution in [0.15, 0.2) is 0 Å². The zero-order valence-electron chi connectivity index (χ0n) is 11.6. The first-order chi connectivity index (χ1) is 8.33. The number of nitrogens with one attached hydrogen (secondary N) is 1. The second-order valence-corrected chi connectivity index (χ2v) is 6.06. The minimum Gasteiger partial charge on any atom is -0.384 e. The van der Waals surface area contributed by atoms with Crippen molar-refractivity contribution in [3.8, 4) is 0 Å². The Hall–Kier alpha value is -0.0800. The van der Waals surface area contributed by atoms with Gasteiger partial charge in [0, 0.05) is 19.1 Å². The summed E-state index contributed by atoms with van der Waals surface area (Å²) in [6.07, 6.45) is 10.1. The van der Waals surface area contributed by atoms with Gasteiger partial charge in [-0.2, -0.15) is 0 Å². The van der Waals surface area contributed by atoms with Gasteiger partial charge in [0.05, 0.1) is 6.61 Å². The molecule has 0 saturated heterocycles. The molecule has 0 bridgehead atoms. The molecule has 0 amide bonds. The fourth-order valence-electron chi connectivity index (χ4n) is 3.87. The first-order valence-corrected chi connectivity index (χ1v) is 7.53. The molecule has 1 unspecified atom stereocenters. The highest BCUT2D eigenvalue weighted by molar-refractivity contribution is 5.00. The van der Waals surface area contributed by atoms with Gasteiger partial charge in [0.2, 0.25) is 0 Å². The monoisotopic (exact) mass is 239 g/mol. The first-order valence-electron chi connectivity index (χ1n) is 7.53. The molecular weight excluding hydrogens is 210 g/mol. The Morgan fingerprint density at radius 3 is 2.24 bits per heavy atom. The van der Waals surface area contributed by atoms with Crippen LogP contribution in [0.3, 0.4) is 0 Å². The Balaban J connectivity index is 2.06. The molecule has 0 aliphatic heterocycles. The fraction of sp³-hybridized carbons (Fsp3) is 1.00. The van der Waals surface area contributed by atoms with E-state index in [-0.39, 0.29) is 0 Å². The Morgan fingerprint density at radius 1 is 1.06 bits per heavy atom. The smallest absolute Gasteiger partial charge is 0.0536 e. The van der Waals surface area contributed by atoms with Crippen LogP contribution in [-0.4, -0.2) is 26.8 Å². The number of hydrogen-bond donors (Lipinski definition) is 1. The van der Waals surface area contributed by atoms with Crippen molar-refractivity contribution in [2.75, 3.05) is 26.8 Å². The predicted octanol–water partition coefficient (Wildman–Crippen LogP) is 3.22. The molecule has 1 atom stereocenters. The zero-order chi connectivity index (χ0) is 12.1. The second-order valence-electron chi connectivity index (χ2n) is 6.06. The molecule has 0 heterocycles. The Labute approximate surface area is 107 Å². The van der Waals surface area contributed by atoms with Crippen LogP contribution in [0.2, 0.25) is 0 Å². The molecule has 2 aliphatic carbocycles. The molecule has 2 nitrogen and oxygen atoms in total. The van der Waals surface area contributed by atoms with Crippen LogP contribution in [0, 0.1) is 17.3 Å². The van der Waals surface area contributed by atoms with Crippen LogP contribution in [0.25, 0.3) is 0 Å². The molecule has 2 aliphatic rings. The van der Waals surface area contributed by atoms with Crippen molar-refractivity contribution in [3.63, 3.8) is 0 Å². The maximum Gasteiger partial charge on any atom is 0.0536 e. The summed E-state index contributed by atoms with van der Waals surface area (Å²) in [6, 6.07) is 0. The van der Waals surface area contributed by atoms with Gasteiger partial charge in [0.25, 0.3) is 0 Å². The molecule has 2 fully saturated rings. The highest BCUT2D eigenvalue weighted by Gasteiger charge is 2.49. The summed E-state index contributed by atoms with van der Waals surface area (Å²) in [5, 5.41) is 3.61. The summed E-state index contributed by atoms with van der Waals surface area (Å²) in [7, 11) is 1.88. The first kappa shape index (κ1) is 13.4. The number of hydrogen-bond acceptors (Lipinski definition) is 2. The van der Waals surface area contributed by atoms with E-state index in [4.69, 9.17) is 4.74 Å². The van der Waals surface area contributed by atoms with Crippen molar-refractivity contribution in [2.45, 2.75) is 51.9 Å². The van der Waals surface area contributed by atoms with Gasteiger partial charge in [-0.05, 0) is 44.1 Å². The normalized spacial score (nSPS) is 25.8. The van der Waals surface area contributed by atoms with Crippen LogP contribution in [-0.2, 0) is 4.74 Å². The van der Waals surface area contributed by atoms with E-state index < -0.39 is 0 Å². The number of rotatable bonds is 7. The summed E-state index contributed by atoms with van der Waals surface area (Å²) in [4.78, 5) is 0. The van der Waals surface area contributed by atoms with E-state index in [2.05, 4.69) is 12.2 Å². The van der Waals surface area contributed by atoms with Crippen molar-refractivity contribution in [2.24, 2.45) is 17.3 Å². The van der Waals surface area contributed by atoms with E-state index >= 15 is 0 Å². The van der Waals surface area contributed by atoms with E-state index in [1.165, 1.54) is 51.5 Å². The summed E-state index contributed by atoms with van der Waals surface area (Å²) in [5.74, 6) is 1.84. The maximum atomic E-state index is 5.62. The lowest BCUT2D eigenvalue weighted by molar-refractivity contribution is -0.00203. The lowest BCUT2D eigenvalue weighted by atomic mass is 9.66. The van der Waals surface area contributed by atoms with Crippen molar-refractivity contribution in [3.05, 3.63) is 0 Å². The Bertz CT molecular complexity index is 221. The van der Waals surface area contributed by atoms with Gasteiger partial charge < -0.3 is 10.1 Å². The van der Waals surface area contributed by atoms with Crippen LogP contribution in [0.4, 0.5) is 0 Å². The van der Waals surface area contributed by atoms with E-state index in [0.29, 0.717) is 5.41 Å². The van der Waals surface area contributed by atoms with Gasteiger partial charge in [-0.3, -0.25) is 0 Å². The third-order valence-electron chi connectivity index (χ3n) is 4.93. The van der Waals surface area contributed by atoms with Crippen molar-refractivity contribution in [1.29, 1.82) is 0 Å². The molecule has 0 spiro atoms. The fourth-order valence-corrected chi connectivity index (χ4v) is 3.87. The van der Waals surface area contributed by atoms with Gasteiger partial charge in [0.1, 0.15) is 0 Å². The SMILES string of the molecule is CCNCC(COC)(C1CCCCC1)C1CC1. The van der Waals surface area contributed by atoms with E-state index in [1.54, 1.807) is 0 Å². The van der Waals surface area contributed by atoms with Crippen LogP contribution >= 0.6 is 0 Å². The topological polar surface area (TPSA) is 21.3 Å². The average molecular weight is 239 g/mol. The van der Waals surface area contributed by atoms with Gasteiger partial charge in [-0.15, -0.1) is 0 Å². The second kappa shape index (κ2) is 6.19. The zero-order valence-corrected chi connectivity index (χ0v) is 11.6. The third kappa shape index (κ3) is 3.03. The molecule has 2 heteroatoms. The Kier molecular flexibility index (Phi) is 4.87. The van der Waals surface area contributed by atoms with Crippen LogP contribution < -0.4 is 5.32 Å². The van der Waals surface area contributed by atoms with Gasteiger partial charge in [-0.25, -0.2) is 0 Å². The van der Waals surface area contributed by atoms with Crippen LogP contribution in [0.5, 0.6) is 0 Å². The summed E-state index contributed by atoms with van der Waals surface area (Å²) < 4.78 is 5.62. The largest absolute Gasteiger partial charge is 0.384 e. The highest BCUT2D eigenvalue weighted by Crippen LogP contribution is 2.53. The maximum absolute atomic E-state index is 5.62. The lowest BCUT2D eigenvalue weighted by Gasteiger charge is -2.43. The Morgan fingerprint density at radius 2 is 1.71 bits per heavy atom. The van der Waals surface area contributed by atoms with Crippen molar-refractivity contribution < 1.29 is 4.74 Å². The van der Waals surface area contributed by atoms with Crippen molar-refractivity contribution >= 4 is 0 Å². The standard InChI is InChI=1S/C15H29NO/c1-3-16-11-15(12-17-2,14-9-10-14)13-7-5-4-6-8-13/h13-14,16H,3-12H2,1-2H3. The molecule has 2 saturated carbocycles. The molecule has 0 aromatic rings. The third-order valence-corrected chi connectivity index (χ3v) is 4.93. The molecule has 100 valence electrons. The van der Waals surface area contributed by atoms with Crippen molar-refractivity contribution in [1.82, 2.24) is 5.32 Å². The molecular formula is C15H29NO. The van der Waals surface area contributed by atoms with Gasteiger partial charge >= 0.3 is 0 Å².